The molecule has 21 heavy (non-hydrogen) atoms. The zero-order valence-electron chi connectivity index (χ0n) is 10.5. The van der Waals surface area contributed by atoms with Crippen LogP contribution < -0.4 is 11.1 Å². The summed E-state index contributed by atoms with van der Waals surface area (Å²) in [5.74, 6) is -0.984. The van der Waals surface area contributed by atoms with Crippen molar-refractivity contribution in [3.63, 3.8) is 0 Å². The lowest BCUT2D eigenvalue weighted by Crippen LogP contribution is -2.14. The van der Waals surface area contributed by atoms with E-state index < -0.39 is 11.7 Å². The van der Waals surface area contributed by atoms with Crippen LogP contribution in [0, 0.1) is 5.82 Å². The minimum Gasteiger partial charge on any atom is -0.382 e. The number of rotatable bonds is 3. The Labute approximate surface area is 117 Å². The van der Waals surface area contributed by atoms with Gasteiger partial charge in [-0.3, -0.25) is 9.89 Å². The van der Waals surface area contributed by atoms with Crippen LogP contribution in [0.4, 0.5) is 15.9 Å². The first-order valence-electron chi connectivity index (χ1n) is 5.78. The first-order chi connectivity index (χ1) is 10.1. The third-order valence-corrected chi connectivity index (χ3v) is 2.65. The number of amides is 1. The van der Waals surface area contributed by atoms with Crippen LogP contribution in [0.2, 0.25) is 0 Å². The van der Waals surface area contributed by atoms with Crippen molar-refractivity contribution in [2.24, 2.45) is 0 Å². The molecule has 2 heterocycles. The van der Waals surface area contributed by atoms with Gasteiger partial charge in [-0.2, -0.15) is 5.10 Å². The van der Waals surface area contributed by atoms with Crippen LogP contribution in [0.3, 0.4) is 0 Å². The minimum atomic E-state index is -0.590. The predicted molar refractivity (Wildman–Crippen MR) is 70.1 cm³/mol. The van der Waals surface area contributed by atoms with E-state index in [9.17, 15) is 9.18 Å². The normalized spacial score (nSPS) is 10.5. The third kappa shape index (κ3) is 2.54. The molecule has 10 heteroatoms. The average molecular weight is 288 g/mol. The topological polar surface area (TPSA) is 127 Å². The number of H-pyrrole nitrogens is 1. The van der Waals surface area contributed by atoms with Gasteiger partial charge in [0.05, 0.1) is 11.4 Å². The van der Waals surface area contributed by atoms with E-state index in [-0.39, 0.29) is 17.2 Å². The SMILES string of the molecule is Nc1cc(C(=O)Nc2cc(-n3cnnn3)ccc2F)[nH]n1. The third-order valence-electron chi connectivity index (χ3n) is 2.65. The molecule has 0 fully saturated rings. The zero-order chi connectivity index (χ0) is 14.8. The van der Waals surface area contributed by atoms with Crippen LogP contribution in [0.1, 0.15) is 10.5 Å². The quantitative estimate of drug-likeness (QED) is 0.638. The van der Waals surface area contributed by atoms with Crippen molar-refractivity contribution in [2.75, 3.05) is 11.1 Å². The van der Waals surface area contributed by atoms with Crippen LogP contribution in [0.5, 0.6) is 0 Å². The fraction of sp³-hybridized carbons (Fsp3) is 0. The number of hydrogen-bond acceptors (Lipinski definition) is 6. The molecule has 0 saturated heterocycles. The number of nitrogens with one attached hydrogen (secondary N) is 2. The molecule has 0 unspecified atom stereocenters. The van der Waals surface area contributed by atoms with Crippen LogP contribution in [-0.2, 0) is 0 Å². The summed E-state index contributed by atoms with van der Waals surface area (Å²) in [6.45, 7) is 0. The van der Waals surface area contributed by atoms with Gasteiger partial charge < -0.3 is 11.1 Å². The number of tetrazole rings is 1. The molecule has 4 N–H and O–H groups in total. The maximum atomic E-state index is 13.8. The van der Waals surface area contributed by atoms with Gasteiger partial charge in [-0.15, -0.1) is 5.10 Å². The Morgan fingerprint density at radius 1 is 1.38 bits per heavy atom. The van der Waals surface area contributed by atoms with Crippen LogP contribution >= 0.6 is 0 Å². The van der Waals surface area contributed by atoms with Crippen molar-refractivity contribution >= 4 is 17.4 Å². The van der Waals surface area contributed by atoms with Gasteiger partial charge in [0.2, 0.25) is 0 Å². The first-order valence-corrected chi connectivity index (χ1v) is 5.78. The molecule has 0 atom stereocenters. The van der Waals surface area contributed by atoms with E-state index in [0.717, 1.165) is 0 Å². The maximum absolute atomic E-state index is 13.8. The molecule has 1 aromatic carbocycles. The zero-order valence-corrected chi connectivity index (χ0v) is 10.5. The predicted octanol–water partition coefficient (Wildman–Crippen LogP) is 0.359. The summed E-state index contributed by atoms with van der Waals surface area (Å²) in [7, 11) is 0. The number of hydrogen-bond donors (Lipinski definition) is 3. The molecule has 0 aliphatic heterocycles. The molecule has 1 amide bonds. The highest BCUT2D eigenvalue weighted by atomic mass is 19.1. The lowest BCUT2D eigenvalue weighted by molar-refractivity contribution is 0.102. The minimum absolute atomic E-state index is 0.0128. The Hall–Kier alpha value is -3.30. The van der Waals surface area contributed by atoms with E-state index in [4.69, 9.17) is 5.73 Å². The van der Waals surface area contributed by atoms with Crippen molar-refractivity contribution < 1.29 is 9.18 Å². The fourth-order valence-corrected chi connectivity index (χ4v) is 1.67. The second-order valence-electron chi connectivity index (χ2n) is 4.08. The van der Waals surface area contributed by atoms with Crippen molar-refractivity contribution in [3.8, 4) is 5.69 Å². The van der Waals surface area contributed by atoms with Gasteiger partial charge in [0.1, 0.15) is 23.7 Å². The average Bonchev–Trinajstić information content (AvgIpc) is 3.12. The number of halogens is 1. The summed E-state index contributed by atoms with van der Waals surface area (Å²) in [5.41, 5.74) is 6.02. The van der Waals surface area contributed by atoms with E-state index in [2.05, 4.69) is 31.0 Å². The summed E-state index contributed by atoms with van der Waals surface area (Å²) < 4.78 is 15.1. The summed E-state index contributed by atoms with van der Waals surface area (Å²) in [6, 6.07) is 5.44. The maximum Gasteiger partial charge on any atom is 0.273 e. The summed E-state index contributed by atoms with van der Waals surface area (Å²) in [5, 5.41) is 19.1. The number of carbonyl (C=O) groups is 1. The van der Waals surface area contributed by atoms with Gasteiger partial charge in [-0.05, 0) is 28.6 Å². The van der Waals surface area contributed by atoms with Gasteiger partial charge in [0.15, 0.2) is 0 Å². The van der Waals surface area contributed by atoms with Crippen molar-refractivity contribution in [3.05, 3.63) is 42.1 Å². The summed E-state index contributed by atoms with van der Waals surface area (Å²) in [4.78, 5) is 11.9. The molecular weight excluding hydrogens is 279 g/mol. The molecule has 2 aromatic heterocycles. The Balaban J connectivity index is 1.88. The number of anilines is 2. The molecule has 0 bridgehead atoms. The number of nitrogens with two attached hydrogens (primary N) is 1. The molecule has 0 radical (unpaired) electrons. The number of nitrogen functional groups attached to an aromatic ring is 1. The van der Waals surface area contributed by atoms with Gasteiger partial charge in [-0.25, -0.2) is 9.07 Å². The summed E-state index contributed by atoms with van der Waals surface area (Å²) >= 11 is 0. The molecule has 9 nitrogen and oxygen atoms in total. The summed E-state index contributed by atoms with van der Waals surface area (Å²) in [6.07, 6.45) is 1.36. The van der Waals surface area contributed by atoms with E-state index in [1.807, 2.05) is 0 Å². The molecule has 0 aliphatic rings. The van der Waals surface area contributed by atoms with E-state index in [0.29, 0.717) is 5.69 Å². The Morgan fingerprint density at radius 3 is 2.90 bits per heavy atom. The number of nitrogens with zero attached hydrogens (tertiary/aromatic N) is 5. The Bertz CT molecular complexity index is 781. The molecule has 0 saturated carbocycles. The Morgan fingerprint density at radius 2 is 2.24 bits per heavy atom. The van der Waals surface area contributed by atoms with Gasteiger partial charge in [0.25, 0.3) is 5.91 Å². The number of benzene rings is 1. The number of carbonyl (C=O) groups excluding carboxylic acids is 1. The van der Waals surface area contributed by atoms with E-state index in [1.165, 1.54) is 35.3 Å². The van der Waals surface area contributed by atoms with Gasteiger partial charge in [0, 0.05) is 6.07 Å². The van der Waals surface area contributed by atoms with Crippen molar-refractivity contribution in [1.82, 2.24) is 30.4 Å². The molecule has 0 spiro atoms. The number of aromatic nitrogens is 6. The molecule has 0 aliphatic carbocycles. The second-order valence-corrected chi connectivity index (χ2v) is 4.08. The van der Waals surface area contributed by atoms with E-state index >= 15 is 0 Å². The van der Waals surface area contributed by atoms with Crippen LogP contribution in [-0.4, -0.2) is 36.3 Å². The lowest BCUT2D eigenvalue weighted by Gasteiger charge is -2.07. The second kappa shape index (κ2) is 5.00. The lowest BCUT2D eigenvalue weighted by atomic mass is 10.2. The Kier molecular flexibility index (Phi) is 3.03. The molecular formula is C11H9FN8O. The highest BCUT2D eigenvalue weighted by Crippen LogP contribution is 2.19. The first kappa shape index (κ1) is 12.7. The smallest absolute Gasteiger partial charge is 0.273 e. The van der Waals surface area contributed by atoms with Gasteiger partial charge in [-0.1, -0.05) is 0 Å². The van der Waals surface area contributed by atoms with Crippen molar-refractivity contribution in [2.45, 2.75) is 0 Å². The van der Waals surface area contributed by atoms with Crippen LogP contribution in [0.25, 0.3) is 5.69 Å². The number of aromatic amines is 1. The van der Waals surface area contributed by atoms with Gasteiger partial charge >= 0.3 is 0 Å². The van der Waals surface area contributed by atoms with Crippen LogP contribution in [0.15, 0.2) is 30.6 Å². The highest BCUT2D eigenvalue weighted by molar-refractivity contribution is 6.03. The molecule has 3 rings (SSSR count). The standard InChI is InChI=1S/C11H9FN8O/c12-7-2-1-6(20-5-14-18-19-20)3-8(7)15-11(21)9-4-10(13)17-16-9/h1-5H,(H,15,21)(H3,13,16,17). The molecule has 106 valence electrons. The largest absolute Gasteiger partial charge is 0.382 e. The van der Waals surface area contributed by atoms with E-state index in [1.54, 1.807) is 0 Å². The van der Waals surface area contributed by atoms with Crippen molar-refractivity contribution in [1.29, 1.82) is 0 Å². The monoisotopic (exact) mass is 288 g/mol. The fourth-order valence-electron chi connectivity index (χ4n) is 1.67. The molecule has 3 aromatic rings. The highest BCUT2D eigenvalue weighted by Gasteiger charge is 2.13.